The fourth-order valence-corrected chi connectivity index (χ4v) is 2.73. The molecule has 0 radical (unpaired) electrons. The summed E-state index contributed by atoms with van der Waals surface area (Å²) < 4.78 is 11.1. The lowest BCUT2D eigenvalue weighted by Crippen LogP contribution is -2.36. The first-order valence-corrected chi connectivity index (χ1v) is 7.21. The standard InChI is InChI=1S/C15H22N2O2/c1-2-6-15(17-7-10-18-11-8-17)14(5-1)16-12-13-4-3-9-19-13/h1-2,5-6,13,16H,3-4,7-12H2. The number of para-hydroxylation sites is 2. The predicted molar refractivity (Wildman–Crippen MR) is 76.9 cm³/mol. The van der Waals surface area contributed by atoms with Crippen LogP contribution in [-0.4, -0.2) is 45.6 Å². The number of nitrogens with zero attached hydrogens (tertiary/aromatic N) is 1. The van der Waals surface area contributed by atoms with Crippen LogP contribution in [0.5, 0.6) is 0 Å². The topological polar surface area (TPSA) is 33.7 Å². The Kier molecular flexibility index (Phi) is 4.20. The van der Waals surface area contributed by atoms with Crippen molar-refractivity contribution in [2.24, 2.45) is 0 Å². The van der Waals surface area contributed by atoms with E-state index >= 15 is 0 Å². The number of ether oxygens (including phenoxy) is 2. The minimum absolute atomic E-state index is 0.373. The summed E-state index contributed by atoms with van der Waals surface area (Å²) in [5.74, 6) is 0. The summed E-state index contributed by atoms with van der Waals surface area (Å²) in [5.41, 5.74) is 2.49. The smallest absolute Gasteiger partial charge is 0.0748 e. The molecule has 1 aromatic carbocycles. The lowest BCUT2D eigenvalue weighted by atomic mass is 10.2. The third-order valence-corrected chi connectivity index (χ3v) is 3.80. The SMILES string of the molecule is c1ccc(N2CCOCC2)c(NCC2CCCO2)c1. The fraction of sp³-hybridized carbons (Fsp3) is 0.600. The summed E-state index contributed by atoms with van der Waals surface area (Å²) in [4.78, 5) is 2.39. The highest BCUT2D eigenvalue weighted by molar-refractivity contribution is 5.70. The van der Waals surface area contributed by atoms with Gasteiger partial charge in [-0.05, 0) is 25.0 Å². The van der Waals surface area contributed by atoms with E-state index in [0.717, 1.165) is 39.5 Å². The maximum Gasteiger partial charge on any atom is 0.0748 e. The molecule has 1 atom stereocenters. The number of anilines is 2. The van der Waals surface area contributed by atoms with E-state index in [1.807, 2.05) is 0 Å². The van der Waals surface area contributed by atoms with Gasteiger partial charge in [-0.1, -0.05) is 12.1 Å². The maximum absolute atomic E-state index is 5.66. The lowest BCUT2D eigenvalue weighted by Gasteiger charge is -2.31. The Hall–Kier alpha value is -1.26. The molecule has 0 amide bonds. The van der Waals surface area contributed by atoms with Crippen LogP contribution in [0, 0.1) is 0 Å². The van der Waals surface area contributed by atoms with Crippen molar-refractivity contribution in [1.82, 2.24) is 0 Å². The van der Waals surface area contributed by atoms with Crippen molar-refractivity contribution in [2.75, 3.05) is 49.7 Å². The molecule has 2 fully saturated rings. The second-order valence-electron chi connectivity index (χ2n) is 5.13. The van der Waals surface area contributed by atoms with Gasteiger partial charge in [-0.2, -0.15) is 0 Å². The molecule has 1 unspecified atom stereocenters. The van der Waals surface area contributed by atoms with Crippen LogP contribution >= 0.6 is 0 Å². The first-order valence-electron chi connectivity index (χ1n) is 7.21. The summed E-state index contributed by atoms with van der Waals surface area (Å²) in [6.07, 6.45) is 2.74. The fourth-order valence-electron chi connectivity index (χ4n) is 2.73. The minimum atomic E-state index is 0.373. The van der Waals surface area contributed by atoms with Crippen molar-refractivity contribution in [3.63, 3.8) is 0 Å². The monoisotopic (exact) mass is 262 g/mol. The molecule has 104 valence electrons. The first-order chi connectivity index (χ1) is 9.43. The zero-order valence-corrected chi connectivity index (χ0v) is 11.3. The summed E-state index contributed by atoms with van der Waals surface area (Å²) in [6.45, 7) is 5.40. The van der Waals surface area contributed by atoms with Crippen molar-refractivity contribution in [3.8, 4) is 0 Å². The largest absolute Gasteiger partial charge is 0.381 e. The van der Waals surface area contributed by atoms with Crippen LogP contribution in [0.2, 0.25) is 0 Å². The van der Waals surface area contributed by atoms with E-state index < -0.39 is 0 Å². The van der Waals surface area contributed by atoms with Crippen molar-refractivity contribution >= 4 is 11.4 Å². The number of hydrogen-bond acceptors (Lipinski definition) is 4. The minimum Gasteiger partial charge on any atom is -0.381 e. The van der Waals surface area contributed by atoms with E-state index in [2.05, 4.69) is 34.5 Å². The van der Waals surface area contributed by atoms with Gasteiger partial charge >= 0.3 is 0 Å². The van der Waals surface area contributed by atoms with Crippen LogP contribution in [0.3, 0.4) is 0 Å². The number of hydrogen-bond donors (Lipinski definition) is 1. The number of nitrogens with one attached hydrogen (secondary N) is 1. The zero-order valence-electron chi connectivity index (χ0n) is 11.3. The Morgan fingerprint density at radius 2 is 2.00 bits per heavy atom. The van der Waals surface area contributed by atoms with E-state index in [4.69, 9.17) is 9.47 Å². The van der Waals surface area contributed by atoms with Crippen LogP contribution in [0.15, 0.2) is 24.3 Å². The lowest BCUT2D eigenvalue weighted by molar-refractivity contribution is 0.120. The van der Waals surface area contributed by atoms with Crippen LogP contribution in [-0.2, 0) is 9.47 Å². The summed E-state index contributed by atoms with van der Waals surface area (Å²) in [5, 5.41) is 3.55. The van der Waals surface area contributed by atoms with Crippen molar-refractivity contribution in [1.29, 1.82) is 0 Å². The number of benzene rings is 1. The van der Waals surface area contributed by atoms with Gasteiger partial charge < -0.3 is 19.7 Å². The summed E-state index contributed by atoms with van der Waals surface area (Å²) in [7, 11) is 0. The molecule has 0 saturated carbocycles. The molecule has 4 nitrogen and oxygen atoms in total. The molecular formula is C15H22N2O2. The third kappa shape index (κ3) is 3.19. The Labute approximate surface area is 114 Å². The molecule has 4 heteroatoms. The third-order valence-electron chi connectivity index (χ3n) is 3.80. The molecule has 19 heavy (non-hydrogen) atoms. The van der Waals surface area contributed by atoms with Gasteiger partial charge in [0.2, 0.25) is 0 Å². The normalized spacial score (nSPS) is 23.6. The quantitative estimate of drug-likeness (QED) is 0.901. The van der Waals surface area contributed by atoms with E-state index in [-0.39, 0.29) is 0 Å². The second-order valence-corrected chi connectivity index (χ2v) is 5.13. The molecule has 2 aliphatic heterocycles. The zero-order chi connectivity index (χ0) is 12.9. The van der Waals surface area contributed by atoms with Gasteiger partial charge in [-0.25, -0.2) is 0 Å². The van der Waals surface area contributed by atoms with Gasteiger partial charge in [0.05, 0.1) is 30.7 Å². The Morgan fingerprint density at radius 3 is 2.79 bits per heavy atom. The molecule has 0 bridgehead atoms. The molecule has 3 rings (SSSR count). The highest BCUT2D eigenvalue weighted by atomic mass is 16.5. The molecule has 1 N–H and O–H groups in total. The maximum atomic E-state index is 5.66. The first kappa shape index (κ1) is 12.8. The summed E-state index contributed by atoms with van der Waals surface area (Å²) >= 11 is 0. The van der Waals surface area contributed by atoms with Gasteiger partial charge in [0, 0.05) is 26.2 Å². The molecular weight excluding hydrogens is 240 g/mol. The van der Waals surface area contributed by atoms with Crippen LogP contribution < -0.4 is 10.2 Å². The van der Waals surface area contributed by atoms with E-state index in [1.165, 1.54) is 24.2 Å². The molecule has 2 aliphatic rings. The Morgan fingerprint density at radius 1 is 1.16 bits per heavy atom. The average Bonchev–Trinajstić information content (AvgIpc) is 3.00. The average molecular weight is 262 g/mol. The molecule has 2 heterocycles. The van der Waals surface area contributed by atoms with Crippen LogP contribution in [0.25, 0.3) is 0 Å². The van der Waals surface area contributed by atoms with Gasteiger partial charge in [0.1, 0.15) is 0 Å². The molecule has 2 saturated heterocycles. The highest BCUT2D eigenvalue weighted by Crippen LogP contribution is 2.26. The Balaban J connectivity index is 1.65. The second kappa shape index (κ2) is 6.26. The number of morpholine rings is 1. The van der Waals surface area contributed by atoms with E-state index in [0.29, 0.717) is 6.10 Å². The van der Waals surface area contributed by atoms with Crippen LogP contribution in [0.4, 0.5) is 11.4 Å². The van der Waals surface area contributed by atoms with Crippen LogP contribution in [0.1, 0.15) is 12.8 Å². The van der Waals surface area contributed by atoms with Crippen molar-refractivity contribution in [2.45, 2.75) is 18.9 Å². The molecule has 1 aromatic rings. The van der Waals surface area contributed by atoms with Crippen molar-refractivity contribution in [3.05, 3.63) is 24.3 Å². The summed E-state index contributed by atoms with van der Waals surface area (Å²) in [6, 6.07) is 8.52. The van der Waals surface area contributed by atoms with Gasteiger partial charge in [-0.15, -0.1) is 0 Å². The number of rotatable bonds is 4. The van der Waals surface area contributed by atoms with Gasteiger partial charge in [0.25, 0.3) is 0 Å². The Bertz CT molecular complexity index is 399. The van der Waals surface area contributed by atoms with Crippen molar-refractivity contribution < 1.29 is 9.47 Å². The predicted octanol–water partition coefficient (Wildman–Crippen LogP) is 2.11. The van der Waals surface area contributed by atoms with E-state index in [1.54, 1.807) is 0 Å². The molecule has 0 aromatic heterocycles. The van der Waals surface area contributed by atoms with Gasteiger partial charge in [-0.3, -0.25) is 0 Å². The molecule has 0 aliphatic carbocycles. The van der Waals surface area contributed by atoms with Gasteiger partial charge in [0.15, 0.2) is 0 Å². The van der Waals surface area contributed by atoms with E-state index in [9.17, 15) is 0 Å². The molecule has 0 spiro atoms. The highest BCUT2D eigenvalue weighted by Gasteiger charge is 2.17.